The van der Waals surface area contributed by atoms with Gasteiger partial charge in [-0.25, -0.2) is 14.5 Å². The van der Waals surface area contributed by atoms with Crippen molar-refractivity contribution >= 4 is 45.2 Å². The van der Waals surface area contributed by atoms with Crippen molar-refractivity contribution in [3.05, 3.63) is 21.0 Å². The molecular formula is C14H14N6S2. The summed E-state index contributed by atoms with van der Waals surface area (Å²) >= 11 is 7.28. The van der Waals surface area contributed by atoms with E-state index in [9.17, 15) is 0 Å². The highest BCUT2D eigenvalue weighted by Crippen LogP contribution is 2.43. The maximum Gasteiger partial charge on any atom is 0.257 e. The first-order valence-corrected chi connectivity index (χ1v) is 8.65. The molecule has 5 rings (SSSR count). The summed E-state index contributed by atoms with van der Waals surface area (Å²) in [5.74, 6) is 2.02. The van der Waals surface area contributed by atoms with Gasteiger partial charge in [0.2, 0.25) is 4.77 Å². The topological polar surface area (TPSA) is 63.3 Å². The van der Waals surface area contributed by atoms with Crippen LogP contribution in [0.1, 0.15) is 41.9 Å². The highest BCUT2D eigenvalue weighted by molar-refractivity contribution is 7.71. The quantitative estimate of drug-likeness (QED) is 0.502. The minimum Gasteiger partial charge on any atom is -0.249 e. The summed E-state index contributed by atoms with van der Waals surface area (Å²) in [7, 11) is 0. The van der Waals surface area contributed by atoms with Crippen molar-refractivity contribution in [2.75, 3.05) is 0 Å². The van der Waals surface area contributed by atoms with Crippen LogP contribution in [0.15, 0.2) is 0 Å². The first-order chi connectivity index (χ1) is 10.6. The molecule has 0 unspecified atom stereocenters. The van der Waals surface area contributed by atoms with Gasteiger partial charge in [-0.05, 0) is 49.9 Å². The second kappa shape index (κ2) is 4.14. The normalized spacial score (nSPS) is 18.5. The smallest absolute Gasteiger partial charge is 0.249 e. The standard InChI is InChI=1S/C14H14N6S2/c1-6-4-3-5-8-9(6)10-11-15-7(2)18-20(11)13-16-17-14(21)19(13)12(10)22-8/h6H,3-5H2,1-2H3,(H,17,21)/t6-/m1/s1. The summed E-state index contributed by atoms with van der Waals surface area (Å²) in [4.78, 5) is 7.28. The van der Waals surface area contributed by atoms with Crippen LogP contribution in [0.3, 0.4) is 0 Å². The summed E-state index contributed by atoms with van der Waals surface area (Å²) in [6.45, 7) is 4.22. The Bertz CT molecular complexity index is 1110. The van der Waals surface area contributed by atoms with E-state index >= 15 is 0 Å². The maximum absolute atomic E-state index is 5.44. The second-order valence-electron chi connectivity index (χ2n) is 5.97. The number of aromatic nitrogens is 6. The molecule has 4 aromatic heterocycles. The summed E-state index contributed by atoms with van der Waals surface area (Å²) in [5.41, 5.74) is 2.34. The van der Waals surface area contributed by atoms with Crippen molar-refractivity contribution in [3.8, 4) is 0 Å². The molecule has 0 spiro atoms. The van der Waals surface area contributed by atoms with E-state index in [1.165, 1.54) is 28.7 Å². The van der Waals surface area contributed by atoms with Crippen LogP contribution in [0.5, 0.6) is 0 Å². The van der Waals surface area contributed by atoms with Gasteiger partial charge >= 0.3 is 0 Å². The number of fused-ring (bicyclic) bond motifs is 8. The van der Waals surface area contributed by atoms with Crippen LogP contribution in [0, 0.1) is 11.7 Å². The van der Waals surface area contributed by atoms with Crippen molar-refractivity contribution in [1.82, 2.24) is 29.2 Å². The van der Waals surface area contributed by atoms with Crippen LogP contribution in [0.2, 0.25) is 0 Å². The first-order valence-electron chi connectivity index (χ1n) is 7.43. The molecule has 0 fully saturated rings. The molecule has 0 amide bonds. The molecular weight excluding hydrogens is 316 g/mol. The maximum atomic E-state index is 5.44. The van der Waals surface area contributed by atoms with Crippen LogP contribution in [-0.4, -0.2) is 29.2 Å². The number of nitrogens with zero attached hydrogens (tertiary/aromatic N) is 5. The highest BCUT2D eigenvalue weighted by Gasteiger charge is 2.27. The fourth-order valence-electron chi connectivity index (χ4n) is 3.60. The molecule has 0 saturated carbocycles. The van der Waals surface area contributed by atoms with Crippen LogP contribution < -0.4 is 0 Å². The van der Waals surface area contributed by atoms with Gasteiger partial charge in [-0.3, -0.25) is 0 Å². The molecule has 0 radical (unpaired) electrons. The molecule has 8 heteroatoms. The Balaban J connectivity index is 2.15. The third-order valence-electron chi connectivity index (χ3n) is 4.52. The number of aryl methyl sites for hydroxylation is 2. The molecule has 112 valence electrons. The molecule has 0 saturated heterocycles. The fourth-order valence-corrected chi connectivity index (χ4v) is 5.34. The third-order valence-corrected chi connectivity index (χ3v) is 6.05. The Labute approximate surface area is 134 Å². The Kier molecular flexibility index (Phi) is 2.39. The van der Waals surface area contributed by atoms with Gasteiger partial charge in [-0.2, -0.15) is 4.52 Å². The first kappa shape index (κ1) is 12.7. The van der Waals surface area contributed by atoms with Gasteiger partial charge in [0.25, 0.3) is 5.78 Å². The number of rotatable bonds is 0. The molecule has 1 aliphatic rings. The van der Waals surface area contributed by atoms with Crippen molar-refractivity contribution < 1.29 is 0 Å². The SMILES string of the molecule is Cc1nc2c3c4c(sc3n3c(=S)[nH]nc3n2n1)CCC[C@H]4C. The van der Waals surface area contributed by atoms with Gasteiger partial charge in [0, 0.05) is 4.88 Å². The highest BCUT2D eigenvalue weighted by atomic mass is 32.1. The van der Waals surface area contributed by atoms with Gasteiger partial charge in [-0.15, -0.1) is 21.5 Å². The largest absolute Gasteiger partial charge is 0.257 e. The zero-order chi connectivity index (χ0) is 15.0. The van der Waals surface area contributed by atoms with Gasteiger partial charge in [-0.1, -0.05) is 6.92 Å². The van der Waals surface area contributed by atoms with Crippen LogP contribution in [0.25, 0.3) is 21.6 Å². The number of H-pyrrole nitrogens is 1. The Hall–Kier alpha value is -1.80. The van der Waals surface area contributed by atoms with Crippen molar-refractivity contribution in [2.24, 2.45) is 0 Å². The second-order valence-corrected chi connectivity index (χ2v) is 7.44. The molecule has 0 bridgehead atoms. The van der Waals surface area contributed by atoms with E-state index in [0.29, 0.717) is 16.5 Å². The lowest BCUT2D eigenvalue weighted by Gasteiger charge is -2.18. The average molecular weight is 330 g/mol. The molecule has 0 aromatic carbocycles. The van der Waals surface area contributed by atoms with E-state index in [1.54, 1.807) is 0 Å². The van der Waals surface area contributed by atoms with E-state index in [2.05, 4.69) is 27.2 Å². The number of nitrogens with one attached hydrogen (secondary N) is 1. The van der Waals surface area contributed by atoms with Crippen molar-refractivity contribution in [1.29, 1.82) is 0 Å². The van der Waals surface area contributed by atoms with E-state index in [0.717, 1.165) is 22.7 Å². The van der Waals surface area contributed by atoms with Crippen molar-refractivity contribution in [3.63, 3.8) is 0 Å². The molecule has 1 N–H and O–H groups in total. The van der Waals surface area contributed by atoms with E-state index in [-0.39, 0.29) is 0 Å². The molecule has 6 nitrogen and oxygen atoms in total. The van der Waals surface area contributed by atoms with Crippen LogP contribution in [-0.2, 0) is 6.42 Å². The van der Waals surface area contributed by atoms with E-state index in [1.807, 2.05) is 27.2 Å². The Morgan fingerprint density at radius 2 is 2.27 bits per heavy atom. The minimum absolute atomic E-state index is 0.553. The van der Waals surface area contributed by atoms with Gasteiger partial charge in [0.15, 0.2) is 5.65 Å². The zero-order valence-corrected chi connectivity index (χ0v) is 13.9. The molecule has 1 aliphatic carbocycles. The number of thiophene rings is 1. The summed E-state index contributed by atoms with van der Waals surface area (Å²) in [6, 6.07) is 0. The van der Waals surface area contributed by atoms with Crippen molar-refractivity contribution in [2.45, 2.75) is 39.0 Å². The summed E-state index contributed by atoms with van der Waals surface area (Å²) in [5, 5.41) is 13.0. The number of aromatic amines is 1. The molecule has 1 atom stereocenters. The van der Waals surface area contributed by atoms with Gasteiger partial charge in [0.1, 0.15) is 10.7 Å². The number of hydrogen-bond acceptors (Lipinski definition) is 5. The molecule has 22 heavy (non-hydrogen) atoms. The number of hydrogen-bond donors (Lipinski definition) is 1. The average Bonchev–Trinajstić information content (AvgIpc) is 3.13. The minimum atomic E-state index is 0.553. The van der Waals surface area contributed by atoms with Gasteiger partial charge < -0.3 is 0 Å². The van der Waals surface area contributed by atoms with Gasteiger partial charge in [0.05, 0.1) is 5.39 Å². The molecule has 4 aromatic rings. The molecule has 0 aliphatic heterocycles. The molecule has 4 heterocycles. The van der Waals surface area contributed by atoms with Crippen LogP contribution >= 0.6 is 23.6 Å². The predicted molar refractivity (Wildman–Crippen MR) is 88.4 cm³/mol. The Morgan fingerprint density at radius 3 is 3.14 bits per heavy atom. The summed E-state index contributed by atoms with van der Waals surface area (Å²) < 4.78 is 4.43. The predicted octanol–water partition coefficient (Wildman–Crippen LogP) is 3.40. The lowest BCUT2D eigenvalue weighted by molar-refractivity contribution is 0.602. The monoisotopic (exact) mass is 330 g/mol. The lowest BCUT2D eigenvalue weighted by Crippen LogP contribution is -2.05. The lowest BCUT2D eigenvalue weighted by atomic mass is 9.87. The van der Waals surface area contributed by atoms with Crippen LogP contribution in [0.4, 0.5) is 0 Å². The van der Waals surface area contributed by atoms with E-state index in [4.69, 9.17) is 12.2 Å². The van der Waals surface area contributed by atoms with E-state index < -0.39 is 0 Å². The fraction of sp³-hybridized carbons (Fsp3) is 0.429. The summed E-state index contributed by atoms with van der Waals surface area (Å²) in [6.07, 6.45) is 3.63. The Morgan fingerprint density at radius 1 is 1.41 bits per heavy atom. The zero-order valence-electron chi connectivity index (χ0n) is 12.3. The third kappa shape index (κ3) is 1.44.